The van der Waals surface area contributed by atoms with Gasteiger partial charge in [-0.05, 0) is 48.9 Å². The molecule has 0 spiro atoms. The van der Waals surface area contributed by atoms with Crippen molar-refractivity contribution >= 4 is 34.3 Å². The Labute approximate surface area is 199 Å². The van der Waals surface area contributed by atoms with Crippen LogP contribution in [0.25, 0.3) is 16.6 Å². The summed E-state index contributed by atoms with van der Waals surface area (Å²) < 4.78 is 26.1. The number of methoxy groups -OCH3 is 2. The van der Waals surface area contributed by atoms with E-state index in [1.165, 1.54) is 24.9 Å². The number of halogens is 1. The molecule has 34 heavy (non-hydrogen) atoms. The Hall–Kier alpha value is -3.85. The van der Waals surface area contributed by atoms with Gasteiger partial charge >= 0.3 is 0 Å². The number of anilines is 1. The first-order valence-corrected chi connectivity index (χ1v) is 11.3. The summed E-state index contributed by atoms with van der Waals surface area (Å²) in [6, 6.07) is 16.5. The Morgan fingerprint density at radius 3 is 2.62 bits per heavy atom. The molecular weight excluding hydrogens is 457 g/mol. The Morgan fingerprint density at radius 1 is 1.09 bits per heavy atom. The highest BCUT2D eigenvalue weighted by molar-refractivity contribution is 7.99. The molecule has 0 radical (unpaired) electrons. The zero-order chi connectivity index (χ0) is 24.2. The molecule has 9 heteroatoms. The number of thioether (sulfide) groups is 1. The lowest BCUT2D eigenvalue weighted by Crippen LogP contribution is -2.23. The Morgan fingerprint density at radius 2 is 1.88 bits per heavy atom. The van der Waals surface area contributed by atoms with E-state index in [0.29, 0.717) is 39.3 Å². The van der Waals surface area contributed by atoms with Gasteiger partial charge in [0.05, 0.1) is 42.3 Å². The van der Waals surface area contributed by atoms with Crippen molar-refractivity contribution in [1.29, 1.82) is 0 Å². The van der Waals surface area contributed by atoms with E-state index in [1.807, 2.05) is 0 Å². The van der Waals surface area contributed by atoms with Gasteiger partial charge in [0, 0.05) is 6.07 Å². The molecule has 0 aliphatic heterocycles. The highest BCUT2D eigenvalue weighted by Crippen LogP contribution is 2.29. The molecule has 174 valence electrons. The van der Waals surface area contributed by atoms with Crippen LogP contribution in [0.3, 0.4) is 0 Å². The quantitative estimate of drug-likeness (QED) is 0.309. The first-order chi connectivity index (χ1) is 16.4. The smallest absolute Gasteiger partial charge is 0.266 e. The van der Waals surface area contributed by atoms with Gasteiger partial charge in [-0.2, -0.15) is 0 Å². The van der Waals surface area contributed by atoms with E-state index in [1.54, 1.807) is 61.5 Å². The molecule has 0 saturated carbocycles. The maximum atomic E-state index is 14.3. The topological polar surface area (TPSA) is 82.5 Å². The van der Waals surface area contributed by atoms with Gasteiger partial charge in [-0.1, -0.05) is 30.0 Å². The molecule has 0 bridgehead atoms. The van der Waals surface area contributed by atoms with Gasteiger partial charge in [-0.3, -0.25) is 14.2 Å². The molecule has 0 unspecified atom stereocenters. The van der Waals surface area contributed by atoms with Crippen molar-refractivity contribution in [3.8, 4) is 17.2 Å². The van der Waals surface area contributed by atoms with Crippen LogP contribution in [0.1, 0.15) is 5.56 Å². The fourth-order valence-corrected chi connectivity index (χ4v) is 4.20. The second-order valence-corrected chi connectivity index (χ2v) is 8.33. The third-order valence-electron chi connectivity index (χ3n) is 5.17. The van der Waals surface area contributed by atoms with E-state index < -0.39 is 5.82 Å². The van der Waals surface area contributed by atoms with Crippen molar-refractivity contribution in [3.63, 3.8) is 0 Å². The van der Waals surface area contributed by atoms with Crippen molar-refractivity contribution in [1.82, 2.24) is 9.55 Å². The lowest BCUT2D eigenvalue weighted by molar-refractivity contribution is -0.113. The predicted molar refractivity (Wildman–Crippen MR) is 131 cm³/mol. The van der Waals surface area contributed by atoms with Crippen molar-refractivity contribution in [3.05, 3.63) is 82.4 Å². The van der Waals surface area contributed by atoms with E-state index in [2.05, 4.69) is 10.3 Å². The van der Waals surface area contributed by atoms with Crippen LogP contribution in [-0.2, 0) is 4.79 Å². The van der Waals surface area contributed by atoms with Crippen LogP contribution in [0.5, 0.6) is 11.5 Å². The summed E-state index contributed by atoms with van der Waals surface area (Å²) in [6.07, 6.45) is 0. The van der Waals surface area contributed by atoms with Crippen LogP contribution >= 0.6 is 11.8 Å². The van der Waals surface area contributed by atoms with Gasteiger partial charge in [-0.15, -0.1) is 0 Å². The first-order valence-electron chi connectivity index (χ1n) is 10.3. The van der Waals surface area contributed by atoms with Gasteiger partial charge in [0.15, 0.2) is 5.16 Å². The Bertz CT molecular complexity index is 1440. The normalized spacial score (nSPS) is 10.8. The predicted octanol–water partition coefficient (Wildman–Crippen LogP) is 4.58. The average molecular weight is 480 g/mol. The number of fused-ring (bicyclic) bond motifs is 1. The largest absolute Gasteiger partial charge is 0.497 e. The number of carbonyl (C=O) groups is 1. The maximum absolute atomic E-state index is 14.3. The number of benzene rings is 3. The highest BCUT2D eigenvalue weighted by atomic mass is 32.2. The molecule has 4 rings (SSSR count). The minimum absolute atomic E-state index is 0.0422. The first kappa shape index (κ1) is 23.3. The summed E-state index contributed by atoms with van der Waals surface area (Å²) in [5.41, 5.74) is 1.41. The lowest BCUT2D eigenvalue weighted by Gasteiger charge is -2.14. The number of aromatic nitrogens is 2. The summed E-state index contributed by atoms with van der Waals surface area (Å²) >= 11 is 1.08. The standard InChI is InChI=1S/C25H22FN3O4S/c1-15-8-9-16(12-19(15)26)29-24(31)18-6-4-5-7-20(18)28-25(29)34-14-23(30)27-21-13-17(32-2)10-11-22(21)33-3/h4-13H,14H2,1-3H3,(H,27,30). The minimum Gasteiger partial charge on any atom is -0.497 e. The molecule has 1 amide bonds. The number of nitrogens with zero attached hydrogens (tertiary/aromatic N) is 2. The molecule has 7 nitrogen and oxygen atoms in total. The lowest BCUT2D eigenvalue weighted by atomic mass is 10.2. The van der Waals surface area contributed by atoms with Crippen LogP contribution in [0, 0.1) is 12.7 Å². The zero-order valence-electron chi connectivity index (χ0n) is 18.8. The SMILES string of the molecule is COc1ccc(OC)c(NC(=O)CSc2nc3ccccc3c(=O)n2-c2ccc(C)c(F)c2)c1. The molecule has 0 aliphatic rings. The Kier molecular flexibility index (Phi) is 6.83. The maximum Gasteiger partial charge on any atom is 0.266 e. The van der Waals surface area contributed by atoms with Gasteiger partial charge in [0.2, 0.25) is 5.91 Å². The van der Waals surface area contributed by atoms with E-state index in [9.17, 15) is 14.0 Å². The van der Waals surface area contributed by atoms with Crippen LogP contribution in [0.2, 0.25) is 0 Å². The number of hydrogen-bond donors (Lipinski definition) is 1. The van der Waals surface area contributed by atoms with Gasteiger partial charge in [0.25, 0.3) is 5.56 Å². The van der Waals surface area contributed by atoms with Gasteiger partial charge < -0.3 is 14.8 Å². The molecule has 0 aliphatic carbocycles. The fraction of sp³-hybridized carbons (Fsp3) is 0.160. The average Bonchev–Trinajstić information content (AvgIpc) is 2.84. The molecule has 4 aromatic rings. The summed E-state index contributed by atoms with van der Waals surface area (Å²) in [7, 11) is 3.03. The number of amides is 1. The third-order valence-corrected chi connectivity index (χ3v) is 6.11. The molecule has 1 aromatic heterocycles. The Balaban J connectivity index is 1.67. The minimum atomic E-state index is -0.434. The van der Waals surface area contributed by atoms with E-state index in [0.717, 1.165) is 11.8 Å². The van der Waals surface area contributed by atoms with Gasteiger partial charge in [-0.25, -0.2) is 9.37 Å². The summed E-state index contributed by atoms with van der Waals surface area (Å²) in [4.78, 5) is 30.6. The summed E-state index contributed by atoms with van der Waals surface area (Å²) in [6.45, 7) is 1.65. The number of aryl methyl sites for hydroxylation is 1. The molecule has 0 atom stereocenters. The number of hydrogen-bond acceptors (Lipinski definition) is 6. The van der Waals surface area contributed by atoms with E-state index >= 15 is 0 Å². The monoisotopic (exact) mass is 479 g/mol. The van der Waals surface area contributed by atoms with Gasteiger partial charge in [0.1, 0.15) is 17.3 Å². The van der Waals surface area contributed by atoms with Crippen LogP contribution in [0.4, 0.5) is 10.1 Å². The molecule has 1 heterocycles. The zero-order valence-corrected chi connectivity index (χ0v) is 19.6. The number of para-hydroxylation sites is 1. The van der Waals surface area contributed by atoms with Crippen LogP contribution < -0.4 is 20.3 Å². The van der Waals surface area contributed by atoms with E-state index in [4.69, 9.17) is 9.47 Å². The van der Waals surface area contributed by atoms with E-state index in [-0.39, 0.29) is 22.4 Å². The van der Waals surface area contributed by atoms with Crippen molar-refractivity contribution in [2.45, 2.75) is 12.1 Å². The number of rotatable bonds is 7. The van der Waals surface area contributed by atoms with Crippen molar-refractivity contribution in [2.24, 2.45) is 0 Å². The van der Waals surface area contributed by atoms with Crippen LogP contribution in [-0.4, -0.2) is 35.4 Å². The third kappa shape index (κ3) is 4.74. The molecule has 3 aromatic carbocycles. The number of carbonyl (C=O) groups excluding carboxylic acids is 1. The number of ether oxygens (including phenoxy) is 2. The highest BCUT2D eigenvalue weighted by Gasteiger charge is 2.16. The van der Waals surface area contributed by atoms with Crippen molar-refractivity contribution < 1.29 is 18.7 Å². The second kappa shape index (κ2) is 9.96. The van der Waals surface area contributed by atoms with Crippen LogP contribution in [0.15, 0.2) is 70.6 Å². The molecule has 0 saturated heterocycles. The molecular formula is C25H22FN3O4S. The summed E-state index contributed by atoms with van der Waals surface area (Å²) in [5, 5.41) is 3.47. The molecule has 1 N–H and O–H groups in total. The van der Waals surface area contributed by atoms with Crippen molar-refractivity contribution in [2.75, 3.05) is 25.3 Å². The second-order valence-electron chi connectivity index (χ2n) is 7.39. The molecule has 0 fully saturated rings. The number of nitrogens with one attached hydrogen (secondary N) is 1. The fourth-order valence-electron chi connectivity index (χ4n) is 3.39. The summed E-state index contributed by atoms with van der Waals surface area (Å²) in [5.74, 6) is 0.238.